The molecule has 1 aromatic carbocycles. The van der Waals surface area contributed by atoms with E-state index in [4.69, 9.17) is 0 Å². The summed E-state index contributed by atoms with van der Waals surface area (Å²) in [5.74, 6) is 0. The van der Waals surface area contributed by atoms with Crippen LogP contribution in [0.4, 0.5) is 5.69 Å². The maximum Gasteiger partial charge on any atom is 0.273 e. The number of hydrogen-bond donors (Lipinski definition) is 0. The largest absolute Gasteiger partial charge is 0.768 e. The lowest BCUT2D eigenvalue weighted by Crippen LogP contribution is -1.95. The van der Waals surface area contributed by atoms with Crippen molar-refractivity contribution >= 4 is 16.8 Å². The summed E-state index contributed by atoms with van der Waals surface area (Å²) in [6.07, 6.45) is 0. The molecule has 1 aromatic rings. The van der Waals surface area contributed by atoms with Gasteiger partial charge in [0.05, 0.1) is 4.92 Å². The molecule has 0 saturated carbocycles. The first kappa shape index (κ1) is 9.82. The van der Waals surface area contributed by atoms with E-state index in [9.17, 15) is 18.9 Å². The predicted molar refractivity (Wildman–Crippen MR) is 45.0 cm³/mol. The molecule has 0 saturated heterocycles. The fourth-order valence-corrected chi connectivity index (χ4v) is 1.28. The molecule has 5 nitrogen and oxygen atoms in total. The molecule has 0 N–H and O–H groups in total. The highest BCUT2D eigenvalue weighted by Crippen LogP contribution is 2.20. The molecule has 0 aromatic heterocycles. The smallest absolute Gasteiger partial charge is 0.273 e. The monoisotopic (exact) mass is 200 g/mol. The molecule has 1 unspecified atom stereocenters. The van der Waals surface area contributed by atoms with Crippen LogP contribution in [0.15, 0.2) is 23.1 Å². The summed E-state index contributed by atoms with van der Waals surface area (Å²) >= 11 is -2.42. The van der Waals surface area contributed by atoms with Gasteiger partial charge in [0.15, 0.2) is 0 Å². The van der Waals surface area contributed by atoms with E-state index in [2.05, 4.69) is 0 Å². The van der Waals surface area contributed by atoms with Gasteiger partial charge in [0.1, 0.15) is 0 Å². The number of rotatable bonds is 2. The van der Waals surface area contributed by atoms with Crippen molar-refractivity contribution in [2.75, 3.05) is 0 Å². The second kappa shape index (κ2) is 3.63. The third kappa shape index (κ3) is 2.10. The van der Waals surface area contributed by atoms with Crippen molar-refractivity contribution in [2.24, 2.45) is 0 Å². The molecule has 0 aliphatic rings. The van der Waals surface area contributed by atoms with Crippen molar-refractivity contribution in [3.05, 3.63) is 33.9 Å². The summed E-state index contributed by atoms with van der Waals surface area (Å²) in [7, 11) is 0. The Morgan fingerprint density at radius 1 is 1.46 bits per heavy atom. The fraction of sp³-hybridized carbons (Fsp3) is 0.143. The lowest BCUT2D eigenvalue weighted by atomic mass is 10.2. The molecule has 1 rings (SSSR count). The molecule has 70 valence electrons. The third-order valence-electron chi connectivity index (χ3n) is 1.57. The molecule has 0 spiro atoms. The van der Waals surface area contributed by atoms with E-state index in [0.717, 1.165) is 6.07 Å². The molecule has 0 aliphatic heterocycles. The van der Waals surface area contributed by atoms with Crippen LogP contribution in [0.3, 0.4) is 0 Å². The van der Waals surface area contributed by atoms with E-state index < -0.39 is 16.0 Å². The normalized spacial score (nSPS) is 12.5. The average molecular weight is 200 g/mol. The number of nitro groups is 1. The van der Waals surface area contributed by atoms with Crippen molar-refractivity contribution in [3.8, 4) is 0 Å². The van der Waals surface area contributed by atoms with Gasteiger partial charge < -0.3 is 4.55 Å². The lowest BCUT2D eigenvalue weighted by Gasteiger charge is -2.05. The molecule has 0 bridgehead atoms. The Bertz CT molecular complexity index is 377. The number of hydrogen-bond acceptors (Lipinski definition) is 4. The van der Waals surface area contributed by atoms with E-state index in [1.807, 2.05) is 0 Å². The van der Waals surface area contributed by atoms with Crippen LogP contribution in [0.2, 0.25) is 0 Å². The molecular weight excluding hydrogens is 194 g/mol. The zero-order valence-corrected chi connectivity index (χ0v) is 7.54. The summed E-state index contributed by atoms with van der Waals surface area (Å²) in [6, 6.07) is 3.77. The van der Waals surface area contributed by atoms with E-state index in [1.54, 1.807) is 6.92 Å². The highest BCUT2D eigenvalue weighted by atomic mass is 32.2. The second-order valence-corrected chi connectivity index (χ2v) is 3.38. The molecule has 0 heterocycles. The van der Waals surface area contributed by atoms with Crippen LogP contribution in [-0.4, -0.2) is 13.7 Å². The molecule has 0 fully saturated rings. The van der Waals surface area contributed by atoms with Crippen molar-refractivity contribution < 1.29 is 13.7 Å². The minimum atomic E-state index is -2.42. The van der Waals surface area contributed by atoms with Crippen LogP contribution < -0.4 is 0 Å². The summed E-state index contributed by atoms with van der Waals surface area (Å²) < 4.78 is 20.9. The van der Waals surface area contributed by atoms with Crippen molar-refractivity contribution in [3.63, 3.8) is 0 Å². The topological polar surface area (TPSA) is 83.3 Å². The van der Waals surface area contributed by atoms with Crippen molar-refractivity contribution in [1.82, 2.24) is 0 Å². The van der Waals surface area contributed by atoms with Gasteiger partial charge in [-0.2, -0.15) is 0 Å². The van der Waals surface area contributed by atoms with Gasteiger partial charge in [-0.15, -0.1) is 0 Å². The maximum absolute atomic E-state index is 10.5. The van der Waals surface area contributed by atoms with Gasteiger partial charge >= 0.3 is 0 Å². The Balaban J connectivity index is 3.27. The SMILES string of the molecule is Cc1ccc(S(=O)[O-])cc1[N+](=O)[O-]. The Morgan fingerprint density at radius 3 is 2.54 bits per heavy atom. The van der Waals surface area contributed by atoms with E-state index in [1.165, 1.54) is 12.1 Å². The van der Waals surface area contributed by atoms with Crippen molar-refractivity contribution in [1.29, 1.82) is 0 Å². The minimum absolute atomic E-state index is 0.0719. The highest BCUT2D eigenvalue weighted by molar-refractivity contribution is 7.79. The number of benzene rings is 1. The van der Waals surface area contributed by atoms with Crippen LogP contribution in [0.5, 0.6) is 0 Å². The summed E-state index contributed by atoms with van der Waals surface area (Å²) in [5, 5.41) is 10.4. The van der Waals surface area contributed by atoms with Gasteiger partial charge in [0.25, 0.3) is 5.69 Å². The molecule has 1 atom stereocenters. The molecule has 0 aliphatic carbocycles. The van der Waals surface area contributed by atoms with E-state index >= 15 is 0 Å². The molecule has 6 heteroatoms. The molecule has 13 heavy (non-hydrogen) atoms. The summed E-state index contributed by atoms with van der Waals surface area (Å²) in [4.78, 5) is 9.72. The van der Waals surface area contributed by atoms with Crippen LogP contribution in [0.25, 0.3) is 0 Å². The van der Waals surface area contributed by atoms with Crippen LogP contribution in [-0.2, 0) is 11.1 Å². The van der Waals surface area contributed by atoms with Crippen LogP contribution >= 0.6 is 0 Å². The van der Waals surface area contributed by atoms with Gasteiger partial charge in [0.2, 0.25) is 0 Å². The number of aryl methyl sites for hydroxylation is 1. The predicted octanol–water partition coefficient (Wildman–Crippen LogP) is 1.14. The Morgan fingerprint density at radius 2 is 2.08 bits per heavy atom. The van der Waals surface area contributed by atoms with E-state index in [0.29, 0.717) is 5.56 Å². The molecule has 0 radical (unpaired) electrons. The Hall–Kier alpha value is -1.27. The first-order valence-electron chi connectivity index (χ1n) is 3.36. The first-order chi connectivity index (χ1) is 6.02. The number of nitrogens with zero attached hydrogens (tertiary/aromatic N) is 1. The van der Waals surface area contributed by atoms with Gasteiger partial charge in [0, 0.05) is 16.5 Å². The highest BCUT2D eigenvalue weighted by Gasteiger charge is 2.10. The standard InChI is InChI=1S/C7H7NO4S/c1-5-2-3-6(13(11)12)4-7(5)8(9)10/h2-4H,1H3,(H,11,12)/p-1. The Labute approximate surface area is 76.8 Å². The summed E-state index contributed by atoms with van der Waals surface area (Å²) in [6.45, 7) is 1.55. The quantitative estimate of drug-likeness (QED) is 0.407. The van der Waals surface area contributed by atoms with Gasteiger partial charge in [-0.05, 0) is 24.1 Å². The van der Waals surface area contributed by atoms with Crippen LogP contribution in [0.1, 0.15) is 5.56 Å². The maximum atomic E-state index is 10.5. The molecular formula is C7H6NO4S-. The fourth-order valence-electron chi connectivity index (χ4n) is 0.890. The number of nitro benzene ring substituents is 1. The van der Waals surface area contributed by atoms with Gasteiger partial charge in [-0.1, -0.05) is 6.07 Å². The molecule has 0 amide bonds. The Kier molecular flexibility index (Phi) is 2.74. The van der Waals surface area contributed by atoms with Crippen LogP contribution in [0, 0.1) is 17.0 Å². The second-order valence-electron chi connectivity index (χ2n) is 2.44. The van der Waals surface area contributed by atoms with Gasteiger partial charge in [-0.3, -0.25) is 14.3 Å². The lowest BCUT2D eigenvalue weighted by molar-refractivity contribution is -0.385. The zero-order valence-electron chi connectivity index (χ0n) is 6.72. The van der Waals surface area contributed by atoms with Gasteiger partial charge in [-0.25, -0.2) is 0 Å². The van der Waals surface area contributed by atoms with Crippen molar-refractivity contribution in [2.45, 2.75) is 11.8 Å². The average Bonchev–Trinajstić information content (AvgIpc) is 2.04. The zero-order chi connectivity index (χ0) is 10.0. The van der Waals surface area contributed by atoms with E-state index in [-0.39, 0.29) is 10.6 Å². The first-order valence-corrected chi connectivity index (χ1v) is 4.44. The third-order valence-corrected chi connectivity index (χ3v) is 2.21. The minimum Gasteiger partial charge on any atom is -0.768 e. The summed E-state index contributed by atoms with van der Waals surface area (Å²) in [5.41, 5.74) is 0.265.